The minimum atomic E-state index is -4.94. The molecule has 2 aromatic rings. The predicted molar refractivity (Wildman–Crippen MR) is 96.7 cm³/mol. The van der Waals surface area contributed by atoms with Gasteiger partial charge >= 0.3 is 6.18 Å². The van der Waals surface area contributed by atoms with Crippen molar-refractivity contribution in [3.8, 4) is 11.5 Å². The van der Waals surface area contributed by atoms with Crippen molar-refractivity contribution < 1.29 is 27.5 Å². The van der Waals surface area contributed by atoms with E-state index < -0.39 is 18.2 Å². The van der Waals surface area contributed by atoms with Crippen LogP contribution in [0.4, 0.5) is 13.2 Å². The number of rotatable bonds is 4. The zero-order chi connectivity index (χ0) is 20.8. The maximum absolute atomic E-state index is 12.6. The molecule has 1 N–H and O–H groups in total. The molecule has 4 rings (SSSR count). The summed E-state index contributed by atoms with van der Waals surface area (Å²) in [7, 11) is 0. The van der Waals surface area contributed by atoms with Crippen molar-refractivity contribution in [1.29, 1.82) is 0 Å². The van der Waals surface area contributed by atoms with E-state index in [1.165, 1.54) is 0 Å². The average molecular weight is 409 g/mol. The summed E-state index contributed by atoms with van der Waals surface area (Å²) in [5, 5.41) is 17.6. The van der Waals surface area contributed by atoms with Gasteiger partial charge in [-0.25, -0.2) is 0 Å². The van der Waals surface area contributed by atoms with Gasteiger partial charge in [-0.15, -0.1) is 10.2 Å². The number of piperidine rings is 1. The van der Waals surface area contributed by atoms with E-state index in [-0.39, 0.29) is 24.4 Å². The average Bonchev–Trinajstić information content (AvgIpc) is 3.36. The number of aromatic nitrogens is 2. The van der Waals surface area contributed by atoms with E-state index in [9.17, 15) is 23.1 Å². The van der Waals surface area contributed by atoms with Crippen LogP contribution in [0.15, 0.2) is 28.7 Å². The van der Waals surface area contributed by atoms with Gasteiger partial charge in [0, 0.05) is 18.7 Å². The Morgan fingerprint density at radius 2 is 1.83 bits per heavy atom. The number of amides is 1. The molecule has 1 atom stereocenters. The van der Waals surface area contributed by atoms with Gasteiger partial charge in [0.05, 0.1) is 5.41 Å². The predicted octanol–water partition coefficient (Wildman–Crippen LogP) is 3.24. The molecule has 1 saturated carbocycles. The van der Waals surface area contributed by atoms with Crippen LogP contribution in [0.3, 0.4) is 0 Å². The van der Waals surface area contributed by atoms with E-state index in [0.29, 0.717) is 24.6 Å². The first-order valence-electron chi connectivity index (χ1n) is 9.65. The highest BCUT2D eigenvalue weighted by molar-refractivity contribution is 5.81. The summed E-state index contributed by atoms with van der Waals surface area (Å²) in [6.07, 6.45) is -5.06. The van der Waals surface area contributed by atoms with E-state index in [1.54, 1.807) is 0 Å². The first-order valence-corrected chi connectivity index (χ1v) is 9.65. The summed E-state index contributed by atoms with van der Waals surface area (Å²) < 4.78 is 43.7. The molecule has 1 saturated heterocycles. The van der Waals surface area contributed by atoms with Gasteiger partial charge in [-0.3, -0.25) is 4.79 Å². The molecule has 0 spiro atoms. The molecule has 29 heavy (non-hydrogen) atoms. The van der Waals surface area contributed by atoms with Gasteiger partial charge in [-0.05, 0) is 50.7 Å². The zero-order valence-electron chi connectivity index (χ0n) is 15.9. The number of hydrogen-bond donors (Lipinski definition) is 1. The number of carbonyl (C=O) groups excluding carboxylic acids is 1. The summed E-state index contributed by atoms with van der Waals surface area (Å²) in [4.78, 5) is 13.0. The fourth-order valence-corrected chi connectivity index (χ4v) is 4.13. The molecular formula is C20H22F3N3O3. The number of hydrogen-bond acceptors (Lipinski definition) is 5. The van der Waals surface area contributed by atoms with Gasteiger partial charge in [0.25, 0.3) is 5.91 Å². The number of aliphatic hydroxyl groups is 1. The lowest BCUT2D eigenvalue weighted by molar-refractivity contribution is -0.211. The molecule has 156 valence electrons. The Balaban J connectivity index is 1.43. The Labute approximate surface area is 165 Å². The van der Waals surface area contributed by atoms with Crippen molar-refractivity contribution in [2.45, 2.75) is 50.3 Å². The standard InChI is InChI=1S/C20H22F3N3O3/c1-12-2-4-13(5-3-12)16-24-25-18(29-16)19(8-9-19)14-6-10-26(11-7-14)17(28)15(27)20(21,22)23/h2-5,14-15,27H,6-11H2,1H3/t15-/m1/s1. The molecule has 0 bridgehead atoms. The number of alkyl halides is 3. The second-order valence-electron chi connectivity index (χ2n) is 7.98. The van der Waals surface area contributed by atoms with Gasteiger partial charge in [0.15, 0.2) is 0 Å². The maximum atomic E-state index is 12.6. The number of carbonyl (C=O) groups is 1. The van der Waals surface area contributed by atoms with Crippen LogP contribution in [0.5, 0.6) is 0 Å². The van der Waals surface area contributed by atoms with Crippen LogP contribution in [-0.4, -0.2) is 51.5 Å². The van der Waals surface area contributed by atoms with Crippen LogP contribution in [-0.2, 0) is 10.2 Å². The van der Waals surface area contributed by atoms with Crippen molar-refractivity contribution >= 4 is 5.91 Å². The lowest BCUT2D eigenvalue weighted by Crippen LogP contribution is -2.50. The van der Waals surface area contributed by atoms with Crippen LogP contribution in [0.2, 0.25) is 0 Å². The van der Waals surface area contributed by atoms with Crippen LogP contribution in [0.1, 0.15) is 37.1 Å². The smallest absolute Gasteiger partial charge is 0.420 e. The number of halogens is 3. The summed E-state index contributed by atoms with van der Waals surface area (Å²) >= 11 is 0. The molecule has 1 amide bonds. The van der Waals surface area contributed by atoms with E-state index >= 15 is 0 Å². The van der Waals surface area contributed by atoms with Crippen LogP contribution >= 0.6 is 0 Å². The molecule has 2 heterocycles. The molecule has 2 fully saturated rings. The summed E-state index contributed by atoms with van der Waals surface area (Å²) in [6.45, 7) is 2.35. The molecule has 9 heteroatoms. The Hall–Kier alpha value is -2.42. The van der Waals surface area contributed by atoms with Crippen molar-refractivity contribution in [2.75, 3.05) is 13.1 Å². The van der Waals surface area contributed by atoms with Crippen molar-refractivity contribution in [3.05, 3.63) is 35.7 Å². The topological polar surface area (TPSA) is 79.5 Å². The molecule has 1 aliphatic heterocycles. The van der Waals surface area contributed by atoms with Crippen LogP contribution in [0, 0.1) is 12.8 Å². The monoisotopic (exact) mass is 409 g/mol. The SMILES string of the molecule is Cc1ccc(-c2nnc(C3(C4CCN(C(=O)[C@@H](O)C(F)(F)F)CC4)CC3)o2)cc1. The second-order valence-corrected chi connectivity index (χ2v) is 7.98. The fourth-order valence-electron chi connectivity index (χ4n) is 4.13. The largest absolute Gasteiger partial charge is 0.423 e. The third kappa shape index (κ3) is 3.75. The van der Waals surface area contributed by atoms with E-state index in [4.69, 9.17) is 4.42 Å². The van der Waals surface area contributed by atoms with Crippen molar-refractivity contribution in [1.82, 2.24) is 15.1 Å². The van der Waals surface area contributed by atoms with Crippen LogP contribution < -0.4 is 0 Å². The number of aryl methyl sites for hydroxylation is 1. The Morgan fingerprint density at radius 1 is 1.21 bits per heavy atom. The van der Waals surface area contributed by atoms with Gasteiger partial charge in [0.2, 0.25) is 17.9 Å². The Bertz CT molecular complexity index is 882. The van der Waals surface area contributed by atoms with E-state index in [2.05, 4.69) is 10.2 Å². The number of aliphatic hydroxyl groups excluding tert-OH is 1. The third-order valence-corrected chi connectivity index (χ3v) is 6.07. The Kier molecular flexibility index (Phi) is 4.88. The molecule has 1 aromatic heterocycles. The lowest BCUT2D eigenvalue weighted by atomic mass is 9.81. The quantitative estimate of drug-likeness (QED) is 0.839. The van der Waals surface area contributed by atoms with Crippen molar-refractivity contribution in [3.63, 3.8) is 0 Å². The molecular weight excluding hydrogens is 387 g/mol. The normalized spacial score (nSPS) is 20.5. The van der Waals surface area contributed by atoms with Crippen molar-refractivity contribution in [2.24, 2.45) is 5.92 Å². The highest BCUT2D eigenvalue weighted by Crippen LogP contribution is 2.56. The molecule has 0 unspecified atom stereocenters. The maximum Gasteiger partial charge on any atom is 0.423 e. The zero-order valence-corrected chi connectivity index (χ0v) is 15.9. The second kappa shape index (κ2) is 7.12. The minimum Gasteiger partial charge on any atom is -0.420 e. The number of nitrogens with zero attached hydrogens (tertiary/aromatic N) is 3. The lowest BCUT2D eigenvalue weighted by Gasteiger charge is -2.36. The van der Waals surface area contributed by atoms with E-state index in [1.807, 2.05) is 31.2 Å². The van der Waals surface area contributed by atoms with Gasteiger partial charge in [-0.2, -0.15) is 13.2 Å². The van der Waals surface area contributed by atoms with Crippen LogP contribution in [0.25, 0.3) is 11.5 Å². The van der Waals surface area contributed by atoms with E-state index in [0.717, 1.165) is 28.9 Å². The van der Waals surface area contributed by atoms with Gasteiger partial charge < -0.3 is 14.4 Å². The number of benzene rings is 1. The molecule has 2 aliphatic rings. The van der Waals surface area contributed by atoms with Gasteiger partial charge in [0.1, 0.15) is 0 Å². The molecule has 0 radical (unpaired) electrons. The first kappa shape index (κ1) is 19.9. The highest BCUT2D eigenvalue weighted by atomic mass is 19.4. The Morgan fingerprint density at radius 3 is 2.38 bits per heavy atom. The number of likely N-dealkylation sites (tertiary alicyclic amines) is 1. The molecule has 1 aromatic carbocycles. The molecule has 6 nitrogen and oxygen atoms in total. The highest BCUT2D eigenvalue weighted by Gasteiger charge is 2.56. The first-order chi connectivity index (χ1) is 13.7. The van der Waals surface area contributed by atoms with Gasteiger partial charge in [-0.1, -0.05) is 17.7 Å². The summed E-state index contributed by atoms with van der Waals surface area (Å²) in [6, 6.07) is 7.77. The molecule has 1 aliphatic carbocycles. The minimum absolute atomic E-state index is 0.154. The summed E-state index contributed by atoms with van der Waals surface area (Å²) in [5.74, 6) is -0.110. The third-order valence-electron chi connectivity index (χ3n) is 6.07. The fraction of sp³-hybridized carbons (Fsp3) is 0.550. The summed E-state index contributed by atoms with van der Waals surface area (Å²) in [5.41, 5.74) is 1.71.